The van der Waals surface area contributed by atoms with Gasteiger partial charge in [-0.25, -0.2) is 13.4 Å². The maximum atomic E-state index is 12.5. The molecule has 2 heterocycles. The molecule has 1 aromatic heterocycles. The average Bonchev–Trinajstić information content (AvgIpc) is 3.19. The van der Waals surface area contributed by atoms with Crippen molar-refractivity contribution >= 4 is 27.6 Å². The zero-order chi connectivity index (χ0) is 18.0. The van der Waals surface area contributed by atoms with Crippen LogP contribution in [0.5, 0.6) is 0 Å². The second kappa shape index (κ2) is 7.21. The van der Waals surface area contributed by atoms with Gasteiger partial charge in [-0.2, -0.15) is 4.31 Å². The van der Waals surface area contributed by atoms with Gasteiger partial charge in [0, 0.05) is 35.5 Å². The largest absolute Gasteiger partial charge is 0.369 e. The Morgan fingerprint density at radius 3 is 2.42 bits per heavy atom. The van der Waals surface area contributed by atoms with Gasteiger partial charge >= 0.3 is 0 Å². The molecule has 2 aliphatic rings. The first-order valence-corrected chi connectivity index (χ1v) is 11.3. The van der Waals surface area contributed by atoms with Crippen molar-refractivity contribution in [2.75, 3.05) is 25.0 Å². The van der Waals surface area contributed by atoms with E-state index in [2.05, 4.69) is 34.6 Å². The zero-order valence-electron chi connectivity index (χ0n) is 14.6. The Morgan fingerprint density at radius 1 is 1.08 bits per heavy atom. The topological polar surface area (TPSA) is 62.3 Å². The highest BCUT2D eigenvalue weighted by Crippen LogP contribution is 2.51. The van der Waals surface area contributed by atoms with Crippen LogP contribution >= 0.6 is 11.8 Å². The standard InChI is InChI=1S/C19H23N3O2S2/c23-26(24,22-12-4-5-13-22)17-8-9-18(20-14-17)21-15-19(10-11-19)25-16-6-2-1-3-7-16/h1-3,6-9,14H,4-5,10-13,15H2,(H,20,21). The van der Waals surface area contributed by atoms with Crippen molar-refractivity contribution < 1.29 is 8.42 Å². The quantitative estimate of drug-likeness (QED) is 0.784. The number of rotatable bonds is 7. The van der Waals surface area contributed by atoms with Gasteiger partial charge in [0.1, 0.15) is 10.7 Å². The van der Waals surface area contributed by atoms with Crippen LogP contribution in [-0.2, 0) is 10.0 Å². The van der Waals surface area contributed by atoms with Crippen LogP contribution < -0.4 is 5.32 Å². The first-order valence-electron chi connectivity index (χ1n) is 9.02. The van der Waals surface area contributed by atoms with Gasteiger partial charge in [0.25, 0.3) is 0 Å². The fourth-order valence-electron chi connectivity index (χ4n) is 3.16. The molecule has 1 saturated heterocycles. The number of thioether (sulfide) groups is 1. The van der Waals surface area contributed by atoms with Gasteiger partial charge in [-0.15, -0.1) is 11.8 Å². The minimum atomic E-state index is -3.39. The molecule has 1 N–H and O–H groups in total. The van der Waals surface area contributed by atoms with Crippen LogP contribution in [0.2, 0.25) is 0 Å². The maximum Gasteiger partial charge on any atom is 0.244 e. The summed E-state index contributed by atoms with van der Waals surface area (Å²) in [5.41, 5.74) is 0. The SMILES string of the molecule is O=S(=O)(c1ccc(NCC2(Sc3ccccc3)CC2)nc1)N1CCCC1. The molecule has 5 nitrogen and oxygen atoms in total. The average molecular weight is 390 g/mol. The van der Waals surface area contributed by atoms with Gasteiger partial charge in [0.05, 0.1) is 0 Å². The molecular weight excluding hydrogens is 366 g/mol. The number of aromatic nitrogens is 1. The second-order valence-corrected chi connectivity index (χ2v) is 10.4. The van der Waals surface area contributed by atoms with E-state index in [0.717, 1.165) is 25.2 Å². The zero-order valence-corrected chi connectivity index (χ0v) is 16.2. The van der Waals surface area contributed by atoms with E-state index in [0.29, 0.717) is 13.1 Å². The Bertz CT molecular complexity index is 844. The second-order valence-electron chi connectivity index (χ2n) is 6.94. The third-order valence-corrected chi connectivity index (χ3v) is 8.29. The summed E-state index contributed by atoms with van der Waals surface area (Å²) in [5, 5.41) is 3.38. The summed E-state index contributed by atoms with van der Waals surface area (Å²) >= 11 is 1.91. The van der Waals surface area contributed by atoms with Gasteiger partial charge in [0.15, 0.2) is 0 Å². The molecule has 1 aromatic carbocycles. The minimum absolute atomic E-state index is 0.226. The Hall–Kier alpha value is -1.57. The van der Waals surface area contributed by atoms with E-state index in [1.165, 1.54) is 23.9 Å². The van der Waals surface area contributed by atoms with Crippen molar-refractivity contribution in [2.24, 2.45) is 0 Å². The molecular formula is C19H23N3O2S2. The molecule has 4 rings (SSSR count). The number of anilines is 1. The normalized spacial score (nSPS) is 19.4. The van der Waals surface area contributed by atoms with E-state index in [4.69, 9.17) is 0 Å². The fraction of sp³-hybridized carbons (Fsp3) is 0.421. The number of pyridine rings is 1. The van der Waals surface area contributed by atoms with Crippen molar-refractivity contribution in [3.8, 4) is 0 Å². The number of nitrogens with zero attached hydrogens (tertiary/aromatic N) is 2. The van der Waals surface area contributed by atoms with Crippen molar-refractivity contribution in [1.82, 2.24) is 9.29 Å². The van der Waals surface area contributed by atoms with Crippen LogP contribution in [0.15, 0.2) is 58.5 Å². The summed E-state index contributed by atoms with van der Waals surface area (Å²) in [6.45, 7) is 2.06. The van der Waals surface area contributed by atoms with Crippen LogP contribution in [-0.4, -0.2) is 42.1 Å². The molecule has 1 aliphatic carbocycles. The van der Waals surface area contributed by atoms with Crippen LogP contribution in [0.4, 0.5) is 5.82 Å². The lowest BCUT2D eigenvalue weighted by Gasteiger charge is -2.17. The smallest absolute Gasteiger partial charge is 0.244 e. The number of hydrogen-bond acceptors (Lipinski definition) is 5. The third kappa shape index (κ3) is 3.89. The predicted octanol–water partition coefficient (Wildman–Crippen LogP) is 3.60. The summed E-state index contributed by atoms with van der Waals surface area (Å²) in [6.07, 6.45) is 5.71. The van der Waals surface area contributed by atoms with E-state index < -0.39 is 10.0 Å². The van der Waals surface area contributed by atoms with Gasteiger partial charge in [-0.05, 0) is 49.9 Å². The Morgan fingerprint density at radius 2 is 1.81 bits per heavy atom. The van der Waals surface area contributed by atoms with Gasteiger partial charge < -0.3 is 5.32 Å². The molecule has 1 aliphatic heterocycles. The first-order chi connectivity index (χ1) is 12.6. The number of benzene rings is 1. The Balaban J connectivity index is 1.37. The summed E-state index contributed by atoms with van der Waals surface area (Å²) < 4.78 is 26.9. The molecule has 138 valence electrons. The first kappa shape index (κ1) is 17.8. The molecule has 0 atom stereocenters. The molecule has 1 saturated carbocycles. The lowest BCUT2D eigenvalue weighted by molar-refractivity contribution is 0.477. The van der Waals surface area contributed by atoms with Crippen molar-refractivity contribution in [3.63, 3.8) is 0 Å². The van der Waals surface area contributed by atoms with Gasteiger partial charge in [-0.1, -0.05) is 18.2 Å². The summed E-state index contributed by atoms with van der Waals surface area (Å²) in [7, 11) is -3.39. The van der Waals surface area contributed by atoms with Crippen molar-refractivity contribution in [3.05, 3.63) is 48.7 Å². The van der Waals surface area contributed by atoms with Crippen molar-refractivity contribution in [1.29, 1.82) is 0 Å². The summed E-state index contributed by atoms with van der Waals surface area (Å²) in [4.78, 5) is 5.89. The van der Waals surface area contributed by atoms with Crippen LogP contribution in [0.1, 0.15) is 25.7 Å². The lowest BCUT2D eigenvalue weighted by Crippen LogP contribution is -2.28. The van der Waals surface area contributed by atoms with E-state index in [9.17, 15) is 8.42 Å². The molecule has 0 radical (unpaired) electrons. The molecule has 0 spiro atoms. The Kier molecular flexibility index (Phi) is 4.94. The number of nitrogens with one attached hydrogen (secondary N) is 1. The fourth-order valence-corrected chi connectivity index (χ4v) is 5.87. The highest BCUT2D eigenvalue weighted by molar-refractivity contribution is 8.01. The van der Waals surface area contributed by atoms with Crippen LogP contribution in [0.25, 0.3) is 0 Å². The van der Waals surface area contributed by atoms with Gasteiger partial charge in [0.2, 0.25) is 10.0 Å². The predicted molar refractivity (Wildman–Crippen MR) is 105 cm³/mol. The third-order valence-electron chi connectivity index (χ3n) is 4.92. The van der Waals surface area contributed by atoms with Gasteiger partial charge in [-0.3, -0.25) is 0 Å². The van der Waals surface area contributed by atoms with Crippen LogP contribution in [0.3, 0.4) is 0 Å². The van der Waals surface area contributed by atoms with E-state index in [1.807, 2.05) is 17.8 Å². The number of sulfonamides is 1. The van der Waals surface area contributed by atoms with E-state index in [-0.39, 0.29) is 9.64 Å². The maximum absolute atomic E-state index is 12.5. The lowest BCUT2D eigenvalue weighted by atomic mass is 10.4. The van der Waals surface area contributed by atoms with E-state index in [1.54, 1.807) is 16.4 Å². The Labute approximate surface area is 159 Å². The molecule has 2 fully saturated rings. The monoisotopic (exact) mass is 389 g/mol. The molecule has 26 heavy (non-hydrogen) atoms. The summed E-state index contributed by atoms with van der Waals surface area (Å²) in [6, 6.07) is 13.9. The molecule has 7 heteroatoms. The van der Waals surface area contributed by atoms with E-state index >= 15 is 0 Å². The van der Waals surface area contributed by atoms with Crippen LogP contribution in [0, 0.1) is 0 Å². The number of hydrogen-bond donors (Lipinski definition) is 1. The molecule has 0 amide bonds. The molecule has 0 unspecified atom stereocenters. The molecule has 0 bridgehead atoms. The highest BCUT2D eigenvalue weighted by Gasteiger charge is 2.43. The molecule has 2 aromatic rings. The minimum Gasteiger partial charge on any atom is -0.369 e. The van der Waals surface area contributed by atoms with Crippen molar-refractivity contribution in [2.45, 2.75) is 40.2 Å². The summed E-state index contributed by atoms with van der Waals surface area (Å²) in [5.74, 6) is 0.727. The highest BCUT2D eigenvalue weighted by atomic mass is 32.2.